The van der Waals surface area contributed by atoms with Gasteiger partial charge in [0.25, 0.3) is 0 Å². The van der Waals surface area contributed by atoms with Gasteiger partial charge in [0, 0.05) is 31.9 Å². The highest BCUT2D eigenvalue weighted by molar-refractivity contribution is 7.89. The Morgan fingerprint density at radius 2 is 1.67 bits per heavy atom. The number of sulfonamides is 1. The Morgan fingerprint density at radius 3 is 2.11 bits per heavy atom. The molecule has 0 aliphatic rings. The van der Waals surface area contributed by atoms with Gasteiger partial charge >= 0.3 is 11.9 Å². The average Bonchev–Trinajstić information content (AvgIpc) is 2.67. The second kappa shape index (κ2) is 10.2. The molecule has 0 bridgehead atoms. The summed E-state index contributed by atoms with van der Waals surface area (Å²) in [6.45, 7) is 0.380. The molecule has 0 saturated carbocycles. The molecule has 0 fully saturated rings. The number of benzene rings is 1. The van der Waals surface area contributed by atoms with Crippen molar-refractivity contribution < 1.29 is 33.0 Å². The minimum Gasteiger partial charge on any atom is -0.497 e. The number of nitrogens with zero attached hydrogens (tertiary/aromatic N) is 2. The topological polar surface area (TPSA) is 134 Å². The smallest absolute Gasteiger partial charge is 0.414 e. The molecule has 0 atom stereocenters. The van der Waals surface area contributed by atoms with Gasteiger partial charge in [-0.1, -0.05) is 6.07 Å². The Hall–Kier alpha value is -2.98. The van der Waals surface area contributed by atoms with Crippen LogP contribution in [0, 0.1) is 0 Å². The average molecular weight is 396 g/mol. The van der Waals surface area contributed by atoms with E-state index < -0.39 is 22.0 Å². The molecule has 0 aliphatic carbocycles. The second-order valence-electron chi connectivity index (χ2n) is 5.18. The molecule has 1 aromatic carbocycles. The first-order valence-corrected chi connectivity index (χ1v) is 9.09. The van der Waals surface area contributed by atoms with Crippen molar-refractivity contribution in [1.82, 2.24) is 9.29 Å². The summed E-state index contributed by atoms with van der Waals surface area (Å²) in [7, 11) is -0.368. The highest BCUT2D eigenvalue weighted by Gasteiger charge is 2.20. The van der Waals surface area contributed by atoms with Crippen molar-refractivity contribution in [2.45, 2.75) is 11.3 Å². The first-order chi connectivity index (χ1) is 12.7. The van der Waals surface area contributed by atoms with Crippen molar-refractivity contribution in [2.24, 2.45) is 0 Å². The van der Waals surface area contributed by atoms with Gasteiger partial charge in [0.05, 0.1) is 12.0 Å². The number of carboxylic acid groups (broad SMARTS) is 2. The molecule has 0 aliphatic heterocycles. The van der Waals surface area contributed by atoms with Gasteiger partial charge in [0.15, 0.2) is 0 Å². The summed E-state index contributed by atoms with van der Waals surface area (Å²) < 4.78 is 31.2. The van der Waals surface area contributed by atoms with Crippen LogP contribution in [-0.2, 0) is 26.0 Å². The lowest BCUT2D eigenvalue weighted by Crippen LogP contribution is -2.29. The Kier molecular flexibility index (Phi) is 8.36. The minimum atomic E-state index is -3.48. The minimum absolute atomic E-state index is 0.256. The highest BCUT2D eigenvalue weighted by atomic mass is 32.2. The van der Waals surface area contributed by atoms with Gasteiger partial charge in [-0.2, -0.15) is 0 Å². The van der Waals surface area contributed by atoms with Crippen LogP contribution in [0.2, 0.25) is 0 Å². The molecule has 0 spiro atoms. The number of carboxylic acids is 2. The van der Waals surface area contributed by atoms with Gasteiger partial charge in [-0.3, -0.25) is 4.98 Å². The van der Waals surface area contributed by atoms with Gasteiger partial charge in [-0.25, -0.2) is 22.3 Å². The lowest BCUT2D eigenvalue weighted by Gasteiger charge is -2.17. The molecular formula is C17H20N2O7S. The van der Waals surface area contributed by atoms with E-state index in [4.69, 9.17) is 24.5 Å². The Bertz CT molecular complexity index is 841. The molecule has 0 unspecified atom stereocenters. The Morgan fingerprint density at radius 1 is 1.07 bits per heavy atom. The van der Waals surface area contributed by atoms with E-state index in [-0.39, 0.29) is 4.90 Å². The van der Waals surface area contributed by atoms with Crippen molar-refractivity contribution in [3.8, 4) is 5.75 Å². The van der Waals surface area contributed by atoms with E-state index in [9.17, 15) is 8.42 Å². The number of aliphatic carboxylic acids is 2. The first-order valence-electron chi connectivity index (χ1n) is 7.65. The largest absolute Gasteiger partial charge is 0.497 e. The summed E-state index contributed by atoms with van der Waals surface area (Å²) in [4.78, 5) is 22.6. The fourth-order valence-corrected chi connectivity index (χ4v) is 3.04. The van der Waals surface area contributed by atoms with E-state index in [1.54, 1.807) is 44.6 Å². The highest BCUT2D eigenvalue weighted by Crippen LogP contribution is 2.18. The maximum atomic E-state index is 12.4. The van der Waals surface area contributed by atoms with Gasteiger partial charge in [-0.15, -0.1) is 0 Å². The third kappa shape index (κ3) is 7.04. The first kappa shape index (κ1) is 22.1. The van der Waals surface area contributed by atoms with Crippen molar-refractivity contribution >= 4 is 22.0 Å². The summed E-state index contributed by atoms with van der Waals surface area (Å²) in [6.07, 6.45) is 2.28. The summed E-state index contributed by atoms with van der Waals surface area (Å²) >= 11 is 0. The second-order valence-corrected chi connectivity index (χ2v) is 7.23. The molecular weight excluding hydrogens is 376 g/mol. The summed E-state index contributed by atoms with van der Waals surface area (Å²) in [6, 6.07) is 12.0. The predicted octanol–water partition coefficient (Wildman–Crippen LogP) is 1.11. The molecule has 2 N–H and O–H groups in total. The number of hydrogen-bond acceptors (Lipinski definition) is 6. The lowest BCUT2D eigenvalue weighted by molar-refractivity contribution is -0.159. The molecule has 146 valence electrons. The zero-order valence-electron chi connectivity index (χ0n) is 14.8. The van der Waals surface area contributed by atoms with E-state index in [2.05, 4.69) is 4.98 Å². The summed E-state index contributed by atoms with van der Waals surface area (Å²) in [5.41, 5.74) is 0.870. The van der Waals surface area contributed by atoms with E-state index in [0.29, 0.717) is 18.7 Å². The number of rotatable bonds is 6. The van der Waals surface area contributed by atoms with E-state index in [0.717, 1.165) is 5.69 Å². The molecule has 2 aromatic rings. The number of hydrogen-bond donors (Lipinski definition) is 2. The van der Waals surface area contributed by atoms with Crippen molar-refractivity contribution in [1.29, 1.82) is 0 Å². The van der Waals surface area contributed by atoms with E-state index >= 15 is 0 Å². The Balaban J connectivity index is 0.000000527. The number of methoxy groups -OCH3 is 1. The Labute approximate surface area is 156 Å². The monoisotopic (exact) mass is 396 g/mol. The SMILES string of the molecule is COc1ccc(S(=O)(=O)N(C)CCc2ccccn2)cc1.O=C(O)C(=O)O. The predicted molar refractivity (Wildman–Crippen MR) is 96.0 cm³/mol. The molecule has 27 heavy (non-hydrogen) atoms. The van der Waals surface area contributed by atoms with Crippen LogP contribution in [0.15, 0.2) is 53.6 Å². The lowest BCUT2D eigenvalue weighted by atomic mass is 10.3. The number of carbonyl (C=O) groups is 2. The number of ether oxygens (including phenoxy) is 1. The maximum Gasteiger partial charge on any atom is 0.414 e. The molecule has 9 nitrogen and oxygen atoms in total. The molecule has 10 heteroatoms. The summed E-state index contributed by atoms with van der Waals surface area (Å²) in [5, 5.41) is 14.8. The molecule has 1 heterocycles. The maximum absolute atomic E-state index is 12.4. The van der Waals surface area contributed by atoms with Gasteiger partial charge in [0.2, 0.25) is 10.0 Å². The van der Waals surface area contributed by atoms with Gasteiger partial charge in [0.1, 0.15) is 5.75 Å². The van der Waals surface area contributed by atoms with Crippen LogP contribution in [0.5, 0.6) is 5.75 Å². The standard InChI is InChI=1S/C15H18N2O3S.C2H2O4/c1-17(12-10-13-5-3-4-11-16-13)21(18,19)15-8-6-14(20-2)7-9-15;3-1(4)2(5)6/h3-9,11H,10,12H2,1-2H3;(H,3,4)(H,5,6). The third-order valence-electron chi connectivity index (χ3n) is 3.36. The normalized spacial score (nSPS) is 10.6. The molecule has 0 radical (unpaired) electrons. The van der Waals surface area contributed by atoms with Crippen LogP contribution < -0.4 is 4.74 Å². The van der Waals surface area contributed by atoms with Gasteiger partial charge in [-0.05, 0) is 36.4 Å². The number of likely N-dealkylation sites (N-methyl/N-ethyl adjacent to an activating group) is 1. The van der Waals surface area contributed by atoms with E-state index in [1.807, 2.05) is 18.2 Å². The van der Waals surface area contributed by atoms with Gasteiger partial charge < -0.3 is 14.9 Å². The molecule has 1 aromatic heterocycles. The number of pyridine rings is 1. The zero-order valence-corrected chi connectivity index (χ0v) is 15.6. The fraction of sp³-hybridized carbons (Fsp3) is 0.235. The number of aromatic nitrogens is 1. The summed E-state index contributed by atoms with van der Waals surface area (Å²) in [5.74, 6) is -3.02. The van der Waals surface area contributed by atoms with Crippen LogP contribution in [0.3, 0.4) is 0 Å². The quantitative estimate of drug-likeness (QED) is 0.694. The van der Waals surface area contributed by atoms with Crippen LogP contribution in [0.25, 0.3) is 0 Å². The van der Waals surface area contributed by atoms with Crippen molar-refractivity contribution in [2.75, 3.05) is 20.7 Å². The van der Waals surface area contributed by atoms with Crippen LogP contribution in [0.1, 0.15) is 5.69 Å². The molecule has 0 amide bonds. The zero-order chi connectivity index (χ0) is 20.4. The van der Waals surface area contributed by atoms with Crippen molar-refractivity contribution in [3.05, 3.63) is 54.4 Å². The molecule has 0 saturated heterocycles. The van der Waals surface area contributed by atoms with Crippen LogP contribution >= 0.6 is 0 Å². The molecule has 2 rings (SSSR count). The van der Waals surface area contributed by atoms with Crippen LogP contribution in [-0.4, -0.2) is 60.6 Å². The third-order valence-corrected chi connectivity index (χ3v) is 5.23. The van der Waals surface area contributed by atoms with Crippen LogP contribution in [0.4, 0.5) is 0 Å². The fourth-order valence-electron chi connectivity index (χ4n) is 1.87. The van der Waals surface area contributed by atoms with Crippen molar-refractivity contribution in [3.63, 3.8) is 0 Å². The van der Waals surface area contributed by atoms with E-state index in [1.165, 1.54) is 4.31 Å².